The van der Waals surface area contributed by atoms with Crippen molar-refractivity contribution in [1.29, 1.82) is 0 Å². The minimum atomic E-state index is 0.264. The molecule has 0 spiro atoms. The lowest BCUT2D eigenvalue weighted by molar-refractivity contribution is 0.267. The quantitative estimate of drug-likeness (QED) is 0.867. The predicted molar refractivity (Wildman–Crippen MR) is 73.2 cm³/mol. The minimum Gasteiger partial charge on any atom is -0.327 e. The fourth-order valence-electron chi connectivity index (χ4n) is 2.52. The van der Waals surface area contributed by atoms with Gasteiger partial charge in [-0.15, -0.1) is 11.3 Å². The van der Waals surface area contributed by atoms with Crippen molar-refractivity contribution in [3.63, 3.8) is 0 Å². The Morgan fingerprint density at radius 3 is 3.00 bits per heavy atom. The number of hydrogen-bond donors (Lipinski definition) is 2. The maximum Gasteiger partial charge on any atom is 0.110 e. The highest BCUT2D eigenvalue weighted by molar-refractivity contribution is 7.09. The number of nitrogens with zero attached hydrogens (tertiary/aromatic N) is 1. The lowest BCUT2D eigenvalue weighted by Gasteiger charge is -2.30. The molecule has 1 fully saturated rings. The van der Waals surface area contributed by atoms with Crippen molar-refractivity contribution in [3.8, 4) is 0 Å². The van der Waals surface area contributed by atoms with Gasteiger partial charge in [-0.1, -0.05) is 13.3 Å². The highest BCUT2D eigenvalue weighted by Crippen LogP contribution is 2.36. The topological polar surface area (TPSA) is 50.9 Å². The maximum absolute atomic E-state index is 6.19. The molecule has 0 radical (unpaired) electrons. The second kappa shape index (κ2) is 5.04. The summed E-state index contributed by atoms with van der Waals surface area (Å²) in [5.41, 5.74) is 7.57. The van der Waals surface area contributed by atoms with Gasteiger partial charge in [-0.05, 0) is 32.1 Å². The monoisotopic (exact) mass is 253 g/mol. The highest BCUT2D eigenvalue weighted by Gasteiger charge is 2.36. The summed E-state index contributed by atoms with van der Waals surface area (Å²) in [5, 5.41) is 6.88. The standard InChI is InChI=1S/C13H23N3S/c1-9-7-17-12(16-9)10(2)15-8-13(3)6-4-5-11(13)14/h7,10-11,15H,4-6,8,14H2,1-3H3. The first-order valence-corrected chi connectivity index (χ1v) is 7.30. The molecule has 1 saturated carbocycles. The number of nitrogens with one attached hydrogen (secondary N) is 1. The van der Waals surface area contributed by atoms with Crippen molar-refractivity contribution in [1.82, 2.24) is 10.3 Å². The molecule has 1 aromatic rings. The molecule has 96 valence electrons. The normalized spacial score (nSPS) is 30.7. The fraction of sp³-hybridized carbons (Fsp3) is 0.769. The van der Waals surface area contributed by atoms with E-state index in [2.05, 4.69) is 29.5 Å². The first-order valence-electron chi connectivity index (χ1n) is 6.42. The molecule has 0 amide bonds. The van der Waals surface area contributed by atoms with Crippen LogP contribution in [0.5, 0.6) is 0 Å². The summed E-state index contributed by atoms with van der Waals surface area (Å²) in [6.07, 6.45) is 3.68. The van der Waals surface area contributed by atoms with E-state index in [-0.39, 0.29) is 5.41 Å². The molecule has 1 aliphatic carbocycles. The van der Waals surface area contributed by atoms with Crippen molar-refractivity contribution >= 4 is 11.3 Å². The van der Waals surface area contributed by atoms with Crippen LogP contribution in [0.3, 0.4) is 0 Å². The van der Waals surface area contributed by atoms with E-state index < -0.39 is 0 Å². The zero-order valence-electron chi connectivity index (χ0n) is 11.0. The molecule has 3 unspecified atom stereocenters. The van der Waals surface area contributed by atoms with Gasteiger partial charge in [0.05, 0.1) is 6.04 Å². The van der Waals surface area contributed by atoms with E-state index in [4.69, 9.17) is 5.73 Å². The van der Waals surface area contributed by atoms with Gasteiger partial charge < -0.3 is 11.1 Å². The van der Waals surface area contributed by atoms with Crippen LogP contribution in [-0.4, -0.2) is 17.6 Å². The molecular formula is C13H23N3S. The van der Waals surface area contributed by atoms with E-state index >= 15 is 0 Å². The second-order valence-electron chi connectivity index (χ2n) is 5.58. The van der Waals surface area contributed by atoms with E-state index in [1.165, 1.54) is 24.3 Å². The fourth-order valence-corrected chi connectivity index (χ4v) is 3.35. The predicted octanol–water partition coefficient (Wildman–Crippen LogP) is 2.62. The van der Waals surface area contributed by atoms with Crippen molar-refractivity contribution < 1.29 is 0 Å². The Balaban J connectivity index is 1.90. The summed E-state index contributed by atoms with van der Waals surface area (Å²) >= 11 is 1.73. The van der Waals surface area contributed by atoms with Gasteiger partial charge in [0.25, 0.3) is 0 Å². The molecule has 2 rings (SSSR count). The van der Waals surface area contributed by atoms with Crippen molar-refractivity contribution in [3.05, 3.63) is 16.1 Å². The van der Waals surface area contributed by atoms with Crippen LogP contribution in [0.1, 0.15) is 49.9 Å². The van der Waals surface area contributed by atoms with Crippen LogP contribution in [0.2, 0.25) is 0 Å². The molecule has 17 heavy (non-hydrogen) atoms. The third-order valence-corrected chi connectivity index (χ3v) is 5.12. The first-order chi connectivity index (χ1) is 8.01. The van der Waals surface area contributed by atoms with Crippen molar-refractivity contribution in [2.45, 2.75) is 52.1 Å². The minimum absolute atomic E-state index is 0.264. The van der Waals surface area contributed by atoms with Crippen LogP contribution < -0.4 is 11.1 Å². The molecule has 3 N–H and O–H groups in total. The number of thiazole rings is 1. The van der Waals surface area contributed by atoms with Gasteiger partial charge in [-0.3, -0.25) is 0 Å². The van der Waals surface area contributed by atoms with Gasteiger partial charge in [-0.2, -0.15) is 0 Å². The largest absolute Gasteiger partial charge is 0.327 e. The molecule has 4 heteroatoms. The Hall–Kier alpha value is -0.450. The number of hydrogen-bond acceptors (Lipinski definition) is 4. The average Bonchev–Trinajstić information content (AvgIpc) is 2.84. The first kappa shape index (κ1) is 13.0. The van der Waals surface area contributed by atoms with Crippen molar-refractivity contribution in [2.24, 2.45) is 11.1 Å². The van der Waals surface area contributed by atoms with E-state index in [1.807, 2.05) is 6.92 Å². The summed E-state index contributed by atoms with van der Waals surface area (Å²) in [5.74, 6) is 0. The van der Waals surface area contributed by atoms with Gasteiger partial charge in [-0.25, -0.2) is 4.98 Å². The molecule has 3 nitrogen and oxygen atoms in total. The Bertz CT molecular complexity index is 376. The molecule has 0 aromatic carbocycles. The summed E-state index contributed by atoms with van der Waals surface area (Å²) in [4.78, 5) is 4.52. The summed E-state index contributed by atoms with van der Waals surface area (Å²) < 4.78 is 0. The maximum atomic E-state index is 6.19. The van der Waals surface area contributed by atoms with Gasteiger partial charge >= 0.3 is 0 Å². The van der Waals surface area contributed by atoms with Crippen LogP contribution in [-0.2, 0) is 0 Å². The second-order valence-corrected chi connectivity index (χ2v) is 6.47. The van der Waals surface area contributed by atoms with E-state index in [1.54, 1.807) is 11.3 Å². The lowest BCUT2D eigenvalue weighted by atomic mass is 9.85. The number of rotatable bonds is 4. The molecule has 1 aromatic heterocycles. The van der Waals surface area contributed by atoms with Crippen LogP contribution in [0.25, 0.3) is 0 Å². The smallest absolute Gasteiger partial charge is 0.110 e. The Kier molecular flexibility index (Phi) is 3.85. The Labute approximate surface area is 108 Å². The zero-order valence-corrected chi connectivity index (χ0v) is 11.8. The van der Waals surface area contributed by atoms with Gasteiger partial charge in [0.1, 0.15) is 5.01 Å². The molecule has 3 atom stereocenters. The Morgan fingerprint density at radius 1 is 1.71 bits per heavy atom. The molecule has 0 bridgehead atoms. The third-order valence-electron chi connectivity index (χ3n) is 3.98. The summed E-state index contributed by atoms with van der Waals surface area (Å²) in [7, 11) is 0. The number of aryl methyl sites for hydroxylation is 1. The van der Waals surface area contributed by atoms with Gasteiger partial charge in [0.15, 0.2) is 0 Å². The van der Waals surface area contributed by atoms with E-state index in [0.717, 1.165) is 12.2 Å². The number of nitrogens with two attached hydrogens (primary N) is 1. The molecule has 0 aliphatic heterocycles. The van der Waals surface area contributed by atoms with Gasteiger partial charge in [0, 0.05) is 23.7 Å². The molecule has 1 aliphatic rings. The zero-order chi connectivity index (χ0) is 12.5. The number of aromatic nitrogens is 1. The van der Waals surface area contributed by atoms with Crippen LogP contribution >= 0.6 is 11.3 Å². The lowest BCUT2D eigenvalue weighted by Crippen LogP contribution is -2.43. The van der Waals surface area contributed by atoms with Gasteiger partial charge in [0.2, 0.25) is 0 Å². The third kappa shape index (κ3) is 2.87. The van der Waals surface area contributed by atoms with Crippen LogP contribution in [0.4, 0.5) is 0 Å². The highest BCUT2D eigenvalue weighted by atomic mass is 32.1. The van der Waals surface area contributed by atoms with E-state index in [0.29, 0.717) is 12.1 Å². The SMILES string of the molecule is Cc1csc(C(C)NCC2(C)CCCC2N)n1. The molecular weight excluding hydrogens is 230 g/mol. The average molecular weight is 253 g/mol. The summed E-state index contributed by atoms with van der Waals surface area (Å²) in [6, 6.07) is 0.679. The Morgan fingerprint density at radius 2 is 2.47 bits per heavy atom. The van der Waals surface area contributed by atoms with Crippen LogP contribution in [0.15, 0.2) is 5.38 Å². The van der Waals surface area contributed by atoms with E-state index in [9.17, 15) is 0 Å². The molecule has 1 heterocycles. The van der Waals surface area contributed by atoms with Crippen molar-refractivity contribution in [2.75, 3.05) is 6.54 Å². The van der Waals surface area contributed by atoms with Crippen LogP contribution in [0, 0.1) is 12.3 Å². The summed E-state index contributed by atoms with van der Waals surface area (Å²) in [6.45, 7) is 7.52. The molecule has 0 saturated heterocycles.